The molecule has 0 heterocycles. The maximum atomic E-state index is 11.5. The zero-order chi connectivity index (χ0) is 9.76. The van der Waals surface area contributed by atoms with Crippen molar-refractivity contribution in [2.45, 2.75) is 44.6 Å². The van der Waals surface area contributed by atoms with Crippen molar-refractivity contribution >= 4 is 5.78 Å². The Morgan fingerprint density at radius 1 is 1.36 bits per heavy atom. The first-order valence-corrected chi connectivity index (χ1v) is 5.65. The van der Waals surface area contributed by atoms with Crippen LogP contribution in [-0.2, 0) is 4.79 Å². The van der Waals surface area contributed by atoms with Gasteiger partial charge in [-0.25, -0.2) is 0 Å². The summed E-state index contributed by atoms with van der Waals surface area (Å²) in [4.78, 5) is 11.5. The first-order valence-electron chi connectivity index (χ1n) is 5.65. The average Bonchev–Trinajstić information content (AvgIpc) is 2.61. The maximum absolute atomic E-state index is 11.5. The van der Waals surface area contributed by atoms with Crippen LogP contribution in [-0.4, -0.2) is 17.0 Å². The third kappa shape index (κ3) is 0.876. The Labute approximate surface area is 84.0 Å². The molecule has 3 rings (SSSR count). The van der Waals surface area contributed by atoms with Gasteiger partial charge < -0.3 is 5.11 Å². The highest BCUT2D eigenvalue weighted by molar-refractivity contribution is 5.95. The monoisotopic (exact) mass is 192 g/mol. The van der Waals surface area contributed by atoms with Gasteiger partial charge in [0.25, 0.3) is 0 Å². The fourth-order valence-electron chi connectivity index (χ4n) is 3.90. The quantitative estimate of drug-likeness (QED) is 0.635. The van der Waals surface area contributed by atoms with Gasteiger partial charge in [-0.15, -0.1) is 0 Å². The van der Waals surface area contributed by atoms with Gasteiger partial charge in [0.15, 0.2) is 5.78 Å². The van der Waals surface area contributed by atoms with Crippen molar-refractivity contribution in [3.05, 3.63) is 11.6 Å². The molecule has 76 valence electrons. The minimum absolute atomic E-state index is 0.102. The molecule has 1 spiro atoms. The molecule has 1 N–H and O–H groups in total. The van der Waals surface area contributed by atoms with Crippen LogP contribution in [0, 0.1) is 11.3 Å². The second-order valence-corrected chi connectivity index (χ2v) is 5.04. The van der Waals surface area contributed by atoms with Gasteiger partial charge in [0.2, 0.25) is 0 Å². The topological polar surface area (TPSA) is 37.3 Å². The van der Waals surface area contributed by atoms with Crippen LogP contribution in [0.2, 0.25) is 0 Å². The Hall–Kier alpha value is -0.630. The van der Waals surface area contributed by atoms with Crippen molar-refractivity contribution in [1.82, 2.24) is 0 Å². The maximum Gasteiger partial charge on any atom is 0.156 e. The molecular formula is C12H16O2. The summed E-state index contributed by atoms with van der Waals surface area (Å²) in [6.07, 6.45) is 7.63. The molecule has 2 nitrogen and oxygen atoms in total. The van der Waals surface area contributed by atoms with Crippen molar-refractivity contribution < 1.29 is 9.90 Å². The van der Waals surface area contributed by atoms with Crippen LogP contribution >= 0.6 is 0 Å². The predicted octanol–water partition coefficient (Wildman–Crippen LogP) is 1.83. The Bertz CT molecular complexity index is 318. The minimum Gasteiger partial charge on any atom is -0.392 e. The standard InChI is InChI=1S/C12H16O2/c13-10-6-9-5-4-8-2-1-3-11(14)12(8,9)7-10/h6,8,11,14H,1-5,7H2. The summed E-state index contributed by atoms with van der Waals surface area (Å²) in [5.74, 6) is 0.828. The van der Waals surface area contributed by atoms with Crippen LogP contribution in [0.1, 0.15) is 38.5 Å². The van der Waals surface area contributed by atoms with E-state index >= 15 is 0 Å². The van der Waals surface area contributed by atoms with Gasteiger partial charge in [-0.05, 0) is 37.7 Å². The van der Waals surface area contributed by atoms with E-state index < -0.39 is 0 Å². The molecule has 0 aliphatic heterocycles. The third-order valence-electron chi connectivity index (χ3n) is 4.52. The largest absolute Gasteiger partial charge is 0.392 e. The summed E-state index contributed by atoms with van der Waals surface area (Å²) in [7, 11) is 0. The molecule has 0 amide bonds. The zero-order valence-electron chi connectivity index (χ0n) is 8.33. The van der Waals surface area contributed by atoms with Gasteiger partial charge in [0, 0.05) is 11.8 Å². The van der Waals surface area contributed by atoms with Gasteiger partial charge in [0.05, 0.1) is 6.10 Å². The highest BCUT2D eigenvalue weighted by Gasteiger charge is 2.56. The summed E-state index contributed by atoms with van der Waals surface area (Å²) in [5.41, 5.74) is 1.16. The van der Waals surface area contributed by atoms with Crippen molar-refractivity contribution in [2.75, 3.05) is 0 Å². The van der Waals surface area contributed by atoms with Gasteiger partial charge in [0.1, 0.15) is 0 Å². The van der Waals surface area contributed by atoms with Crippen molar-refractivity contribution in [3.8, 4) is 0 Å². The van der Waals surface area contributed by atoms with Crippen molar-refractivity contribution in [3.63, 3.8) is 0 Å². The van der Waals surface area contributed by atoms with Crippen molar-refractivity contribution in [1.29, 1.82) is 0 Å². The second kappa shape index (κ2) is 2.69. The number of allylic oxidation sites excluding steroid dienone is 1. The third-order valence-corrected chi connectivity index (χ3v) is 4.52. The van der Waals surface area contributed by atoms with Gasteiger partial charge in [-0.1, -0.05) is 12.0 Å². The number of carbonyl (C=O) groups excluding carboxylic acids is 1. The SMILES string of the molecule is O=C1C=C2CCC3CCCC(O)C23C1. The number of aliphatic hydroxyl groups excluding tert-OH is 1. The van der Waals surface area contributed by atoms with Crippen LogP contribution in [0.25, 0.3) is 0 Å². The molecule has 14 heavy (non-hydrogen) atoms. The molecule has 0 radical (unpaired) electrons. The number of hydrogen-bond acceptors (Lipinski definition) is 2. The zero-order valence-corrected chi connectivity index (χ0v) is 8.33. The lowest BCUT2D eigenvalue weighted by Crippen LogP contribution is -2.42. The molecule has 0 aromatic carbocycles. The summed E-state index contributed by atoms with van der Waals surface area (Å²) in [6, 6.07) is 0. The highest BCUT2D eigenvalue weighted by Crippen LogP contribution is 2.59. The molecule has 2 fully saturated rings. The molecule has 3 aliphatic rings. The lowest BCUT2D eigenvalue weighted by molar-refractivity contribution is -0.118. The Kier molecular flexibility index (Phi) is 1.67. The Morgan fingerprint density at radius 3 is 3.07 bits per heavy atom. The summed E-state index contributed by atoms with van der Waals surface area (Å²) >= 11 is 0. The Balaban J connectivity index is 2.06. The molecule has 3 atom stereocenters. The smallest absolute Gasteiger partial charge is 0.156 e. The summed E-state index contributed by atoms with van der Waals surface area (Å²) in [5, 5.41) is 10.2. The van der Waals surface area contributed by atoms with E-state index in [1.807, 2.05) is 6.08 Å². The number of aliphatic hydroxyl groups is 1. The number of rotatable bonds is 0. The number of hydrogen-bond donors (Lipinski definition) is 1. The molecule has 3 aliphatic carbocycles. The molecular weight excluding hydrogens is 176 g/mol. The van der Waals surface area contributed by atoms with E-state index in [1.54, 1.807) is 0 Å². The van der Waals surface area contributed by atoms with E-state index in [1.165, 1.54) is 18.4 Å². The molecule has 0 aromatic rings. The van der Waals surface area contributed by atoms with Gasteiger partial charge in [-0.2, -0.15) is 0 Å². The van der Waals surface area contributed by atoms with Gasteiger partial charge in [-0.3, -0.25) is 4.79 Å². The van der Waals surface area contributed by atoms with E-state index in [-0.39, 0.29) is 17.3 Å². The fourth-order valence-corrected chi connectivity index (χ4v) is 3.90. The lowest BCUT2D eigenvalue weighted by atomic mass is 9.64. The van der Waals surface area contributed by atoms with E-state index in [9.17, 15) is 9.90 Å². The summed E-state index contributed by atoms with van der Waals surface area (Å²) in [6.45, 7) is 0. The number of ketones is 1. The minimum atomic E-state index is -0.249. The fraction of sp³-hybridized carbons (Fsp3) is 0.750. The molecule has 0 saturated heterocycles. The van der Waals surface area contributed by atoms with Gasteiger partial charge >= 0.3 is 0 Å². The van der Waals surface area contributed by atoms with Crippen LogP contribution in [0.4, 0.5) is 0 Å². The second-order valence-electron chi connectivity index (χ2n) is 5.04. The van der Waals surface area contributed by atoms with Crippen molar-refractivity contribution in [2.24, 2.45) is 11.3 Å². The van der Waals surface area contributed by atoms with E-state index in [0.717, 1.165) is 19.3 Å². The van der Waals surface area contributed by atoms with Crippen LogP contribution < -0.4 is 0 Å². The first-order chi connectivity index (χ1) is 6.73. The Morgan fingerprint density at radius 2 is 2.21 bits per heavy atom. The average molecular weight is 192 g/mol. The van der Waals surface area contributed by atoms with E-state index in [2.05, 4.69) is 0 Å². The molecule has 2 heteroatoms. The predicted molar refractivity (Wildman–Crippen MR) is 52.7 cm³/mol. The van der Waals surface area contributed by atoms with E-state index in [4.69, 9.17) is 0 Å². The normalized spacial score (nSPS) is 46.1. The van der Waals surface area contributed by atoms with Crippen LogP contribution in [0.15, 0.2) is 11.6 Å². The molecule has 0 aromatic heterocycles. The molecule has 3 unspecified atom stereocenters. The van der Waals surface area contributed by atoms with Crippen LogP contribution in [0.3, 0.4) is 0 Å². The van der Waals surface area contributed by atoms with E-state index in [0.29, 0.717) is 12.3 Å². The summed E-state index contributed by atoms with van der Waals surface area (Å²) < 4.78 is 0. The number of carbonyl (C=O) groups is 1. The highest BCUT2D eigenvalue weighted by atomic mass is 16.3. The molecule has 0 bridgehead atoms. The lowest BCUT2D eigenvalue weighted by Gasteiger charge is -2.42. The molecule has 2 saturated carbocycles. The van der Waals surface area contributed by atoms with Crippen LogP contribution in [0.5, 0.6) is 0 Å². The first kappa shape index (κ1) is 8.66.